The van der Waals surface area contributed by atoms with Crippen LogP contribution in [0, 0.1) is 6.92 Å². The molecule has 0 saturated heterocycles. The van der Waals surface area contributed by atoms with E-state index in [1.165, 1.54) is 36.1 Å². The lowest BCUT2D eigenvalue weighted by atomic mass is 9.83. The third-order valence-corrected chi connectivity index (χ3v) is 5.03. The molecule has 3 N–H and O–H groups in total. The van der Waals surface area contributed by atoms with Gasteiger partial charge in [0, 0.05) is 10.4 Å². The van der Waals surface area contributed by atoms with Crippen molar-refractivity contribution in [3.63, 3.8) is 0 Å². The van der Waals surface area contributed by atoms with Crippen LogP contribution in [0.5, 0.6) is 0 Å². The van der Waals surface area contributed by atoms with Gasteiger partial charge in [-0.15, -0.1) is 11.3 Å². The summed E-state index contributed by atoms with van der Waals surface area (Å²) in [6.07, 6.45) is 5.06. The summed E-state index contributed by atoms with van der Waals surface area (Å²) in [6, 6.07) is 2.50. The second-order valence-electron chi connectivity index (χ2n) is 5.30. The predicted octanol–water partition coefficient (Wildman–Crippen LogP) is 2.44. The van der Waals surface area contributed by atoms with E-state index in [0.717, 1.165) is 0 Å². The minimum Gasteiger partial charge on any atom is -0.302 e. The first-order valence-corrected chi connectivity index (χ1v) is 7.17. The van der Waals surface area contributed by atoms with Gasteiger partial charge in [0.05, 0.1) is 6.04 Å². The number of nitrogens with one attached hydrogen (secondary N) is 1. The van der Waals surface area contributed by atoms with E-state index in [2.05, 4.69) is 42.8 Å². The van der Waals surface area contributed by atoms with E-state index in [-0.39, 0.29) is 11.6 Å². The van der Waals surface area contributed by atoms with Crippen molar-refractivity contribution in [3.8, 4) is 0 Å². The standard InChI is InChI=1S/C13H23N3S/c1-10-8-11(9-17-10)12(15-14)13(16(2)3)6-4-5-7-13/h8-9,12,15H,4-7,14H2,1-3H3. The molecule has 1 aromatic heterocycles. The highest BCUT2D eigenvalue weighted by Crippen LogP contribution is 2.43. The van der Waals surface area contributed by atoms with Crippen LogP contribution in [-0.2, 0) is 0 Å². The van der Waals surface area contributed by atoms with E-state index in [0.29, 0.717) is 0 Å². The Morgan fingerprint density at radius 2 is 2.06 bits per heavy atom. The number of hydrazine groups is 1. The average Bonchev–Trinajstić information content (AvgIpc) is 2.90. The highest BCUT2D eigenvalue weighted by atomic mass is 32.1. The fraction of sp³-hybridized carbons (Fsp3) is 0.692. The number of nitrogens with zero attached hydrogens (tertiary/aromatic N) is 1. The number of likely N-dealkylation sites (N-methyl/N-ethyl adjacent to an activating group) is 1. The SMILES string of the molecule is Cc1cc(C(NN)C2(N(C)C)CCCC2)cs1. The normalized spacial score (nSPS) is 21.0. The van der Waals surface area contributed by atoms with Gasteiger partial charge in [0.15, 0.2) is 0 Å². The monoisotopic (exact) mass is 253 g/mol. The molecule has 1 aliphatic carbocycles. The quantitative estimate of drug-likeness (QED) is 0.639. The fourth-order valence-corrected chi connectivity index (χ4v) is 3.89. The van der Waals surface area contributed by atoms with Crippen LogP contribution in [0.15, 0.2) is 11.4 Å². The first-order chi connectivity index (χ1) is 8.10. The van der Waals surface area contributed by atoms with Crippen LogP contribution < -0.4 is 11.3 Å². The first kappa shape index (κ1) is 13.0. The maximum absolute atomic E-state index is 5.84. The van der Waals surface area contributed by atoms with Gasteiger partial charge in [-0.1, -0.05) is 12.8 Å². The second kappa shape index (κ2) is 5.06. The maximum atomic E-state index is 5.84. The highest BCUT2D eigenvalue weighted by Gasteiger charge is 2.43. The van der Waals surface area contributed by atoms with Gasteiger partial charge < -0.3 is 4.90 Å². The average molecular weight is 253 g/mol. The molecule has 1 aromatic rings. The Kier molecular flexibility index (Phi) is 3.88. The van der Waals surface area contributed by atoms with Crippen LogP contribution in [0.1, 0.15) is 42.2 Å². The Morgan fingerprint density at radius 1 is 1.41 bits per heavy atom. The summed E-state index contributed by atoms with van der Waals surface area (Å²) >= 11 is 1.80. The molecule has 17 heavy (non-hydrogen) atoms. The van der Waals surface area contributed by atoms with E-state index in [1.807, 2.05) is 0 Å². The van der Waals surface area contributed by atoms with Crippen molar-refractivity contribution in [2.24, 2.45) is 5.84 Å². The number of rotatable bonds is 4. The zero-order valence-corrected chi connectivity index (χ0v) is 11.8. The molecule has 4 heteroatoms. The molecule has 0 bridgehead atoms. The summed E-state index contributed by atoms with van der Waals surface area (Å²) in [5.41, 5.74) is 4.58. The van der Waals surface area contributed by atoms with Crippen LogP contribution in [0.2, 0.25) is 0 Å². The van der Waals surface area contributed by atoms with Crippen molar-refractivity contribution < 1.29 is 0 Å². The molecule has 3 nitrogen and oxygen atoms in total. The largest absolute Gasteiger partial charge is 0.302 e. The molecule has 0 aromatic carbocycles. The molecule has 96 valence electrons. The summed E-state index contributed by atoms with van der Waals surface area (Å²) < 4.78 is 0. The summed E-state index contributed by atoms with van der Waals surface area (Å²) in [7, 11) is 4.35. The van der Waals surface area contributed by atoms with Gasteiger partial charge >= 0.3 is 0 Å². The van der Waals surface area contributed by atoms with Crippen LogP contribution in [0.4, 0.5) is 0 Å². The Hall–Kier alpha value is -0.420. The van der Waals surface area contributed by atoms with Gasteiger partial charge in [-0.3, -0.25) is 11.3 Å². The van der Waals surface area contributed by atoms with Crippen molar-refractivity contribution in [3.05, 3.63) is 21.9 Å². The van der Waals surface area contributed by atoms with Crippen LogP contribution in [0.3, 0.4) is 0 Å². The van der Waals surface area contributed by atoms with Gasteiger partial charge in [0.25, 0.3) is 0 Å². The molecule has 0 spiro atoms. The molecule has 1 aliphatic rings. The third-order valence-electron chi connectivity index (χ3n) is 4.15. The van der Waals surface area contributed by atoms with E-state index in [1.54, 1.807) is 11.3 Å². The van der Waals surface area contributed by atoms with Crippen molar-refractivity contribution in [2.75, 3.05) is 14.1 Å². The maximum Gasteiger partial charge on any atom is 0.0651 e. The van der Waals surface area contributed by atoms with Crippen LogP contribution >= 0.6 is 11.3 Å². The summed E-state index contributed by atoms with van der Waals surface area (Å²) in [5.74, 6) is 5.84. The highest BCUT2D eigenvalue weighted by molar-refractivity contribution is 7.10. The Balaban J connectivity index is 2.33. The van der Waals surface area contributed by atoms with Crippen molar-refractivity contribution in [1.29, 1.82) is 0 Å². The second-order valence-corrected chi connectivity index (χ2v) is 6.41. The van der Waals surface area contributed by atoms with Gasteiger partial charge in [0.2, 0.25) is 0 Å². The fourth-order valence-electron chi connectivity index (χ4n) is 3.16. The molecular weight excluding hydrogens is 230 g/mol. The van der Waals surface area contributed by atoms with E-state index < -0.39 is 0 Å². The van der Waals surface area contributed by atoms with Gasteiger partial charge in [-0.2, -0.15) is 0 Å². The number of aryl methyl sites for hydroxylation is 1. The predicted molar refractivity (Wildman–Crippen MR) is 74.0 cm³/mol. The van der Waals surface area contributed by atoms with Crippen molar-refractivity contribution in [2.45, 2.75) is 44.2 Å². The lowest BCUT2D eigenvalue weighted by Gasteiger charge is -2.42. The topological polar surface area (TPSA) is 41.3 Å². The molecule has 0 aliphatic heterocycles. The summed E-state index contributed by atoms with van der Waals surface area (Å²) in [4.78, 5) is 3.71. The van der Waals surface area contributed by atoms with Gasteiger partial charge in [0.1, 0.15) is 0 Å². The molecule has 0 radical (unpaired) electrons. The lowest BCUT2D eigenvalue weighted by Crippen LogP contribution is -2.53. The van der Waals surface area contributed by atoms with E-state index in [4.69, 9.17) is 5.84 Å². The number of hydrogen-bond donors (Lipinski definition) is 2. The molecular formula is C13H23N3S. The van der Waals surface area contributed by atoms with Gasteiger partial charge in [-0.05, 0) is 50.9 Å². The number of nitrogens with two attached hydrogens (primary N) is 1. The Bertz CT molecular complexity index is 366. The third kappa shape index (κ3) is 2.27. The molecule has 1 fully saturated rings. The molecule has 1 heterocycles. The molecule has 2 rings (SSSR count). The Labute approximate surface area is 108 Å². The van der Waals surface area contributed by atoms with E-state index in [9.17, 15) is 0 Å². The molecule has 1 unspecified atom stereocenters. The van der Waals surface area contributed by atoms with Crippen LogP contribution in [0.25, 0.3) is 0 Å². The summed E-state index contributed by atoms with van der Waals surface area (Å²) in [5, 5.41) is 2.24. The van der Waals surface area contributed by atoms with Gasteiger partial charge in [-0.25, -0.2) is 0 Å². The van der Waals surface area contributed by atoms with Crippen molar-refractivity contribution >= 4 is 11.3 Å². The number of hydrogen-bond acceptors (Lipinski definition) is 4. The van der Waals surface area contributed by atoms with Crippen molar-refractivity contribution in [1.82, 2.24) is 10.3 Å². The lowest BCUT2D eigenvalue weighted by molar-refractivity contribution is 0.105. The molecule has 1 saturated carbocycles. The minimum absolute atomic E-state index is 0.183. The first-order valence-electron chi connectivity index (χ1n) is 6.29. The molecule has 0 amide bonds. The number of thiophene rings is 1. The minimum atomic E-state index is 0.183. The zero-order chi connectivity index (χ0) is 12.5. The van der Waals surface area contributed by atoms with Crippen LogP contribution in [-0.4, -0.2) is 24.5 Å². The van der Waals surface area contributed by atoms with E-state index >= 15 is 0 Å². The Morgan fingerprint density at radius 3 is 2.47 bits per heavy atom. The molecule has 1 atom stereocenters. The smallest absolute Gasteiger partial charge is 0.0651 e. The zero-order valence-electron chi connectivity index (χ0n) is 11.0. The summed E-state index contributed by atoms with van der Waals surface area (Å²) in [6.45, 7) is 2.15.